The van der Waals surface area contributed by atoms with E-state index in [-0.39, 0.29) is 16.4 Å². The van der Waals surface area contributed by atoms with Gasteiger partial charge in [0.25, 0.3) is 5.56 Å². The summed E-state index contributed by atoms with van der Waals surface area (Å²) in [7, 11) is 0. The zero-order chi connectivity index (χ0) is 10.1. The van der Waals surface area contributed by atoms with Crippen molar-refractivity contribution in [3.63, 3.8) is 0 Å². The third-order valence-corrected chi connectivity index (χ3v) is 4.94. The molecule has 0 saturated heterocycles. The predicted octanol–water partition coefficient (Wildman–Crippen LogP) is 1.88. The van der Waals surface area contributed by atoms with Gasteiger partial charge in [0.15, 0.2) is 0 Å². The standard InChI is InChI=1S/C11H16N2O/c1-10(2)6-4-5-11(10,3)8-7(6)9(14)13-12-8/h6H,4-5H2,1-3H3,(H2,12,13,14)/t6-,11-/m0/s1. The van der Waals surface area contributed by atoms with Crippen LogP contribution in [0.1, 0.15) is 50.8 Å². The van der Waals surface area contributed by atoms with E-state index in [1.54, 1.807) is 0 Å². The van der Waals surface area contributed by atoms with Crippen LogP contribution in [-0.4, -0.2) is 10.2 Å². The summed E-state index contributed by atoms with van der Waals surface area (Å²) in [5, 5.41) is 5.80. The molecule has 1 aromatic heterocycles. The van der Waals surface area contributed by atoms with Crippen LogP contribution >= 0.6 is 0 Å². The third kappa shape index (κ3) is 0.596. The lowest BCUT2D eigenvalue weighted by Gasteiger charge is -2.34. The molecule has 3 rings (SSSR count). The molecule has 1 aromatic rings. The van der Waals surface area contributed by atoms with Gasteiger partial charge in [-0.05, 0) is 24.2 Å². The molecule has 0 amide bonds. The maximum absolute atomic E-state index is 11.6. The van der Waals surface area contributed by atoms with Gasteiger partial charge in [-0.3, -0.25) is 9.89 Å². The Kier molecular flexibility index (Phi) is 1.19. The van der Waals surface area contributed by atoms with Crippen molar-refractivity contribution in [2.75, 3.05) is 0 Å². The number of aromatic nitrogens is 2. The molecular weight excluding hydrogens is 176 g/mol. The maximum Gasteiger partial charge on any atom is 0.267 e. The second-order valence-electron chi connectivity index (χ2n) is 5.51. The number of hydrogen-bond donors (Lipinski definition) is 2. The Labute approximate surface area is 82.9 Å². The third-order valence-electron chi connectivity index (χ3n) is 4.94. The van der Waals surface area contributed by atoms with E-state index in [1.165, 1.54) is 12.1 Å². The smallest absolute Gasteiger partial charge is 0.267 e. The van der Waals surface area contributed by atoms with Crippen LogP contribution in [0.5, 0.6) is 0 Å². The van der Waals surface area contributed by atoms with Crippen LogP contribution < -0.4 is 5.56 Å². The van der Waals surface area contributed by atoms with E-state index in [0.29, 0.717) is 5.92 Å². The van der Waals surface area contributed by atoms with Crippen molar-refractivity contribution in [2.24, 2.45) is 5.41 Å². The lowest BCUT2D eigenvalue weighted by molar-refractivity contribution is 0.225. The Morgan fingerprint density at radius 1 is 1.29 bits per heavy atom. The van der Waals surface area contributed by atoms with E-state index in [0.717, 1.165) is 12.0 Å². The highest BCUT2D eigenvalue weighted by Crippen LogP contribution is 2.66. The molecule has 1 heterocycles. The van der Waals surface area contributed by atoms with Crippen molar-refractivity contribution in [1.29, 1.82) is 0 Å². The Morgan fingerprint density at radius 3 is 2.64 bits per heavy atom. The van der Waals surface area contributed by atoms with E-state index >= 15 is 0 Å². The van der Waals surface area contributed by atoms with Crippen molar-refractivity contribution < 1.29 is 0 Å². The molecule has 2 bridgehead atoms. The van der Waals surface area contributed by atoms with E-state index < -0.39 is 0 Å². The van der Waals surface area contributed by atoms with E-state index in [4.69, 9.17) is 0 Å². The molecule has 0 aliphatic heterocycles. The lowest BCUT2D eigenvalue weighted by Crippen LogP contribution is -2.32. The summed E-state index contributed by atoms with van der Waals surface area (Å²) in [6.45, 7) is 6.86. The van der Waals surface area contributed by atoms with Gasteiger partial charge in [-0.25, -0.2) is 0 Å². The van der Waals surface area contributed by atoms with Crippen molar-refractivity contribution >= 4 is 0 Å². The molecule has 0 radical (unpaired) electrons. The van der Waals surface area contributed by atoms with Crippen molar-refractivity contribution in [1.82, 2.24) is 10.2 Å². The number of aromatic amines is 2. The number of fused-ring (bicyclic) bond motifs is 5. The van der Waals surface area contributed by atoms with Gasteiger partial charge in [0.2, 0.25) is 0 Å². The van der Waals surface area contributed by atoms with Crippen molar-refractivity contribution in [3.8, 4) is 0 Å². The summed E-state index contributed by atoms with van der Waals surface area (Å²) in [6, 6.07) is 0. The number of hydrogen-bond acceptors (Lipinski definition) is 1. The monoisotopic (exact) mass is 192 g/mol. The summed E-state index contributed by atoms with van der Waals surface area (Å²) in [5.41, 5.74) is 2.71. The second kappa shape index (κ2) is 2.00. The summed E-state index contributed by atoms with van der Waals surface area (Å²) in [4.78, 5) is 11.6. The van der Waals surface area contributed by atoms with Gasteiger partial charge in [-0.1, -0.05) is 20.8 Å². The van der Waals surface area contributed by atoms with E-state index in [2.05, 4.69) is 31.0 Å². The molecule has 2 aliphatic rings. The minimum absolute atomic E-state index is 0.0986. The highest BCUT2D eigenvalue weighted by molar-refractivity contribution is 5.43. The summed E-state index contributed by atoms with van der Waals surface area (Å²) in [5.74, 6) is 0.456. The van der Waals surface area contributed by atoms with Gasteiger partial charge in [0, 0.05) is 16.7 Å². The number of rotatable bonds is 0. The molecular formula is C11H16N2O. The summed E-state index contributed by atoms with van der Waals surface area (Å²) >= 11 is 0. The van der Waals surface area contributed by atoms with Crippen LogP contribution in [0.4, 0.5) is 0 Å². The Balaban J connectivity index is 2.37. The summed E-state index contributed by atoms with van der Waals surface area (Å²) < 4.78 is 0. The first kappa shape index (κ1) is 8.33. The number of nitrogens with one attached hydrogen (secondary N) is 2. The quantitative estimate of drug-likeness (QED) is 0.647. The van der Waals surface area contributed by atoms with Crippen LogP contribution in [0, 0.1) is 5.41 Å². The zero-order valence-corrected chi connectivity index (χ0v) is 8.90. The molecule has 0 spiro atoms. The average molecular weight is 192 g/mol. The van der Waals surface area contributed by atoms with Crippen LogP contribution in [-0.2, 0) is 5.41 Å². The normalized spacial score (nSPS) is 37.5. The molecule has 1 saturated carbocycles. The van der Waals surface area contributed by atoms with Crippen LogP contribution in [0.2, 0.25) is 0 Å². The predicted molar refractivity (Wildman–Crippen MR) is 54.5 cm³/mol. The molecule has 76 valence electrons. The molecule has 2 aliphatic carbocycles. The van der Waals surface area contributed by atoms with Crippen LogP contribution in [0.3, 0.4) is 0 Å². The molecule has 0 unspecified atom stereocenters. The average Bonchev–Trinajstić information content (AvgIpc) is 2.63. The summed E-state index contributed by atoms with van der Waals surface area (Å²) in [6.07, 6.45) is 2.36. The molecule has 2 atom stereocenters. The molecule has 14 heavy (non-hydrogen) atoms. The highest BCUT2D eigenvalue weighted by Gasteiger charge is 2.61. The zero-order valence-electron chi connectivity index (χ0n) is 8.90. The minimum Gasteiger partial charge on any atom is -0.301 e. The first-order valence-corrected chi connectivity index (χ1v) is 5.29. The lowest BCUT2D eigenvalue weighted by atomic mass is 9.70. The molecule has 1 fully saturated rings. The number of H-pyrrole nitrogens is 2. The van der Waals surface area contributed by atoms with Gasteiger partial charge in [-0.15, -0.1) is 0 Å². The first-order chi connectivity index (χ1) is 6.48. The molecule has 2 N–H and O–H groups in total. The molecule has 3 nitrogen and oxygen atoms in total. The fraction of sp³-hybridized carbons (Fsp3) is 0.727. The molecule has 3 heteroatoms. The van der Waals surface area contributed by atoms with Crippen LogP contribution in [0.25, 0.3) is 0 Å². The van der Waals surface area contributed by atoms with Crippen molar-refractivity contribution in [2.45, 2.75) is 44.9 Å². The fourth-order valence-corrected chi connectivity index (χ4v) is 3.59. The first-order valence-electron chi connectivity index (χ1n) is 5.29. The maximum atomic E-state index is 11.6. The Hall–Kier alpha value is -0.990. The van der Waals surface area contributed by atoms with Crippen LogP contribution in [0.15, 0.2) is 4.79 Å². The Bertz CT molecular complexity index is 454. The van der Waals surface area contributed by atoms with Gasteiger partial charge in [-0.2, -0.15) is 0 Å². The largest absolute Gasteiger partial charge is 0.301 e. The van der Waals surface area contributed by atoms with Gasteiger partial charge in [0.1, 0.15) is 0 Å². The van der Waals surface area contributed by atoms with E-state index in [1.807, 2.05) is 0 Å². The van der Waals surface area contributed by atoms with Crippen molar-refractivity contribution in [3.05, 3.63) is 21.6 Å². The van der Waals surface area contributed by atoms with Gasteiger partial charge in [0.05, 0.1) is 0 Å². The topological polar surface area (TPSA) is 48.6 Å². The SMILES string of the molecule is CC1(C)[C@H]2CC[C@@]1(C)c1[nH][nH]c(=O)c12. The highest BCUT2D eigenvalue weighted by atomic mass is 16.1. The second-order valence-corrected chi connectivity index (χ2v) is 5.51. The minimum atomic E-state index is 0.0986. The fourth-order valence-electron chi connectivity index (χ4n) is 3.59. The Morgan fingerprint density at radius 2 is 2.00 bits per heavy atom. The molecule has 0 aromatic carbocycles. The van der Waals surface area contributed by atoms with Gasteiger partial charge < -0.3 is 5.10 Å². The van der Waals surface area contributed by atoms with E-state index in [9.17, 15) is 4.79 Å². The van der Waals surface area contributed by atoms with Gasteiger partial charge >= 0.3 is 0 Å².